The first-order valence-electron chi connectivity index (χ1n) is 5.71. The summed E-state index contributed by atoms with van der Waals surface area (Å²) in [5, 5.41) is 2.95. The van der Waals surface area contributed by atoms with Crippen LogP contribution in [0.25, 0.3) is 0 Å². The van der Waals surface area contributed by atoms with Crippen molar-refractivity contribution in [2.24, 2.45) is 5.92 Å². The normalized spacial score (nSPS) is 12.6. The molecule has 1 amide bonds. The van der Waals surface area contributed by atoms with E-state index in [1.54, 1.807) is 0 Å². The summed E-state index contributed by atoms with van der Waals surface area (Å²) in [5.74, 6) is -0.148. The Morgan fingerprint density at radius 1 is 1.47 bits per heavy atom. The number of nitrogens with one attached hydrogen (secondary N) is 1. The molecule has 94 valence electrons. The van der Waals surface area contributed by atoms with E-state index in [2.05, 4.69) is 35.1 Å². The molecule has 0 aliphatic heterocycles. The largest absolute Gasteiger partial charge is 0.349 e. The van der Waals surface area contributed by atoms with Gasteiger partial charge in [-0.1, -0.05) is 20.8 Å². The maximum Gasteiger partial charge on any atom is 0.252 e. The van der Waals surface area contributed by atoms with Crippen LogP contribution in [0.3, 0.4) is 0 Å². The molecule has 1 atom stereocenters. The monoisotopic (exact) mass is 301 g/mol. The second kappa shape index (κ2) is 6.15. The lowest BCUT2D eigenvalue weighted by Gasteiger charge is -2.21. The highest BCUT2D eigenvalue weighted by Crippen LogP contribution is 2.18. The highest BCUT2D eigenvalue weighted by Gasteiger charge is 2.17. The van der Waals surface area contributed by atoms with Crippen molar-refractivity contribution in [2.45, 2.75) is 33.2 Å². The number of benzene rings is 1. The first-order valence-corrected chi connectivity index (χ1v) is 6.51. The summed E-state index contributed by atoms with van der Waals surface area (Å²) in [6.07, 6.45) is 0.877. The van der Waals surface area contributed by atoms with Gasteiger partial charge in [-0.15, -0.1) is 0 Å². The molecule has 1 aromatic rings. The summed E-state index contributed by atoms with van der Waals surface area (Å²) in [5.41, 5.74) is 0.463. The molecule has 17 heavy (non-hydrogen) atoms. The minimum atomic E-state index is -0.357. The first kappa shape index (κ1) is 14.2. The minimum Gasteiger partial charge on any atom is -0.349 e. The Bertz CT molecular complexity index is 406. The number of halogens is 2. The van der Waals surface area contributed by atoms with Crippen LogP contribution in [0.1, 0.15) is 37.6 Å². The minimum absolute atomic E-state index is 0.138. The van der Waals surface area contributed by atoms with Crippen molar-refractivity contribution in [3.8, 4) is 0 Å². The Balaban J connectivity index is 2.82. The maximum atomic E-state index is 12.9. The predicted molar refractivity (Wildman–Crippen MR) is 70.5 cm³/mol. The summed E-state index contributed by atoms with van der Waals surface area (Å²) in [7, 11) is 0. The van der Waals surface area contributed by atoms with Crippen molar-refractivity contribution >= 4 is 21.8 Å². The smallest absolute Gasteiger partial charge is 0.252 e. The van der Waals surface area contributed by atoms with Gasteiger partial charge in [0.1, 0.15) is 5.82 Å². The highest BCUT2D eigenvalue weighted by atomic mass is 79.9. The lowest BCUT2D eigenvalue weighted by Crippen LogP contribution is -2.38. The molecule has 0 saturated carbocycles. The molecule has 0 aliphatic carbocycles. The van der Waals surface area contributed by atoms with E-state index in [1.807, 2.05) is 6.92 Å². The Morgan fingerprint density at radius 3 is 2.59 bits per heavy atom. The Kier molecular flexibility index (Phi) is 5.12. The van der Waals surface area contributed by atoms with Gasteiger partial charge < -0.3 is 5.32 Å². The molecule has 2 nitrogen and oxygen atoms in total. The van der Waals surface area contributed by atoms with Crippen molar-refractivity contribution in [1.29, 1.82) is 0 Å². The van der Waals surface area contributed by atoms with Crippen LogP contribution < -0.4 is 5.32 Å². The van der Waals surface area contributed by atoms with Gasteiger partial charge in [-0.3, -0.25) is 4.79 Å². The van der Waals surface area contributed by atoms with Gasteiger partial charge in [0.2, 0.25) is 0 Å². The van der Waals surface area contributed by atoms with E-state index in [0.29, 0.717) is 16.0 Å². The van der Waals surface area contributed by atoms with Crippen LogP contribution in [-0.2, 0) is 0 Å². The quantitative estimate of drug-likeness (QED) is 0.901. The van der Waals surface area contributed by atoms with Crippen molar-refractivity contribution in [3.05, 3.63) is 34.1 Å². The fourth-order valence-electron chi connectivity index (χ4n) is 1.66. The average molecular weight is 302 g/mol. The SMILES string of the molecule is CCC(NC(=O)c1ccc(F)cc1Br)C(C)C. The first-order chi connectivity index (χ1) is 7.95. The van der Waals surface area contributed by atoms with Crippen LogP contribution in [0.2, 0.25) is 0 Å². The zero-order valence-electron chi connectivity index (χ0n) is 10.3. The molecule has 0 heterocycles. The van der Waals surface area contributed by atoms with Crippen LogP contribution >= 0.6 is 15.9 Å². The molecule has 4 heteroatoms. The lowest BCUT2D eigenvalue weighted by atomic mass is 10.0. The van der Waals surface area contributed by atoms with Gasteiger partial charge in [0.05, 0.1) is 5.56 Å². The van der Waals surface area contributed by atoms with E-state index in [-0.39, 0.29) is 17.8 Å². The van der Waals surface area contributed by atoms with E-state index < -0.39 is 0 Å². The topological polar surface area (TPSA) is 29.1 Å². The van der Waals surface area contributed by atoms with Crippen molar-refractivity contribution in [3.63, 3.8) is 0 Å². The van der Waals surface area contributed by atoms with Gasteiger partial charge in [-0.2, -0.15) is 0 Å². The van der Waals surface area contributed by atoms with Gasteiger partial charge in [0.15, 0.2) is 0 Å². The van der Waals surface area contributed by atoms with E-state index in [4.69, 9.17) is 0 Å². The van der Waals surface area contributed by atoms with Crippen LogP contribution in [0.5, 0.6) is 0 Å². The number of rotatable bonds is 4. The Labute approximate surface area is 110 Å². The van der Waals surface area contributed by atoms with Crippen LogP contribution in [0, 0.1) is 11.7 Å². The predicted octanol–water partition coefficient (Wildman–Crippen LogP) is 3.75. The molecule has 0 saturated heterocycles. The molecular weight excluding hydrogens is 285 g/mol. The molecule has 1 aromatic carbocycles. The summed E-state index contributed by atoms with van der Waals surface area (Å²) in [6.45, 7) is 6.16. The van der Waals surface area contributed by atoms with Gasteiger partial charge in [-0.25, -0.2) is 4.39 Å². The number of carbonyl (C=O) groups excluding carboxylic acids is 1. The molecule has 1 N–H and O–H groups in total. The number of hydrogen-bond acceptors (Lipinski definition) is 1. The van der Waals surface area contributed by atoms with E-state index >= 15 is 0 Å². The standard InChI is InChI=1S/C13H17BrFNO/c1-4-12(8(2)3)16-13(17)10-6-5-9(15)7-11(10)14/h5-8,12H,4H2,1-3H3,(H,16,17). The van der Waals surface area contributed by atoms with Crippen molar-refractivity contribution in [1.82, 2.24) is 5.32 Å². The third-order valence-electron chi connectivity index (χ3n) is 2.74. The highest BCUT2D eigenvalue weighted by molar-refractivity contribution is 9.10. The second-order valence-corrected chi connectivity index (χ2v) is 5.21. The van der Waals surface area contributed by atoms with Gasteiger partial charge in [0, 0.05) is 10.5 Å². The fourth-order valence-corrected chi connectivity index (χ4v) is 2.19. The lowest BCUT2D eigenvalue weighted by molar-refractivity contribution is 0.0924. The molecule has 0 radical (unpaired) electrons. The Morgan fingerprint density at radius 2 is 2.12 bits per heavy atom. The molecule has 0 bridgehead atoms. The summed E-state index contributed by atoms with van der Waals surface area (Å²) in [6, 6.07) is 4.21. The summed E-state index contributed by atoms with van der Waals surface area (Å²) in [4.78, 5) is 12.0. The number of hydrogen-bond donors (Lipinski definition) is 1. The molecule has 0 spiro atoms. The molecule has 1 unspecified atom stereocenters. The Hall–Kier alpha value is -0.900. The molecular formula is C13H17BrFNO. The van der Waals surface area contributed by atoms with Crippen molar-refractivity contribution in [2.75, 3.05) is 0 Å². The average Bonchev–Trinajstić information content (AvgIpc) is 2.24. The van der Waals surface area contributed by atoms with Crippen molar-refractivity contribution < 1.29 is 9.18 Å². The zero-order chi connectivity index (χ0) is 13.0. The van der Waals surface area contributed by atoms with Gasteiger partial charge >= 0.3 is 0 Å². The third kappa shape index (κ3) is 3.80. The summed E-state index contributed by atoms with van der Waals surface area (Å²) < 4.78 is 13.4. The van der Waals surface area contributed by atoms with Crippen LogP contribution in [0.4, 0.5) is 4.39 Å². The molecule has 1 rings (SSSR count). The van der Waals surface area contributed by atoms with E-state index in [1.165, 1.54) is 18.2 Å². The van der Waals surface area contributed by atoms with E-state index in [9.17, 15) is 9.18 Å². The number of carbonyl (C=O) groups is 1. The maximum absolute atomic E-state index is 12.9. The third-order valence-corrected chi connectivity index (χ3v) is 3.39. The molecule has 0 fully saturated rings. The van der Waals surface area contributed by atoms with Crippen LogP contribution in [-0.4, -0.2) is 11.9 Å². The summed E-state index contributed by atoms with van der Waals surface area (Å²) >= 11 is 3.20. The van der Waals surface area contributed by atoms with Crippen LogP contribution in [0.15, 0.2) is 22.7 Å². The zero-order valence-corrected chi connectivity index (χ0v) is 11.8. The van der Waals surface area contributed by atoms with Gasteiger partial charge in [0.25, 0.3) is 5.91 Å². The molecule has 0 aliphatic rings. The second-order valence-electron chi connectivity index (χ2n) is 4.36. The molecule has 0 aromatic heterocycles. The fraction of sp³-hybridized carbons (Fsp3) is 0.462. The van der Waals surface area contributed by atoms with E-state index in [0.717, 1.165) is 6.42 Å². The van der Waals surface area contributed by atoms with Gasteiger partial charge in [-0.05, 0) is 46.5 Å². The number of amides is 1.